The summed E-state index contributed by atoms with van der Waals surface area (Å²) in [6, 6.07) is 0. The Morgan fingerprint density at radius 3 is 1.78 bits per heavy atom. The molecule has 1 N–H and O–H groups in total. The molecule has 0 aromatic carbocycles. The highest BCUT2D eigenvalue weighted by Crippen LogP contribution is 2.10. The molecule has 18 heavy (non-hydrogen) atoms. The van der Waals surface area contributed by atoms with Crippen molar-refractivity contribution in [3.05, 3.63) is 4.91 Å². The van der Waals surface area contributed by atoms with Crippen LogP contribution in [0.1, 0.15) is 84.5 Å². The standard InChI is InChI=1S/C15H32N2O/c1-3-5-6-7-8-9-10-11-12-13-14-16-15(4-2)17-18/h15-16H,3-14H2,1-2H3. The topological polar surface area (TPSA) is 41.5 Å². The molecular formula is C15H32N2O. The summed E-state index contributed by atoms with van der Waals surface area (Å²) in [5.74, 6) is 0. The molecule has 0 heterocycles. The summed E-state index contributed by atoms with van der Waals surface area (Å²) in [6.45, 7) is 5.18. The number of hydrogen-bond donors (Lipinski definition) is 1. The van der Waals surface area contributed by atoms with Crippen LogP contribution in [0.2, 0.25) is 0 Å². The van der Waals surface area contributed by atoms with E-state index < -0.39 is 0 Å². The van der Waals surface area contributed by atoms with Crippen molar-refractivity contribution in [2.45, 2.75) is 90.6 Å². The van der Waals surface area contributed by atoms with Crippen LogP contribution in [-0.2, 0) is 0 Å². The lowest BCUT2D eigenvalue weighted by Crippen LogP contribution is -2.26. The fourth-order valence-corrected chi connectivity index (χ4v) is 2.14. The highest BCUT2D eigenvalue weighted by atomic mass is 16.3. The fraction of sp³-hybridized carbons (Fsp3) is 1.00. The van der Waals surface area contributed by atoms with Gasteiger partial charge in [-0.05, 0) is 19.4 Å². The zero-order valence-corrected chi connectivity index (χ0v) is 12.4. The SMILES string of the molecule is CCCCCCCCCCCCNC(CC)N=O. The first kappa shape index (κ1) is 17.6. The number of hydrogen-bond acceptors (Lipinski definition) is 3. The van der Waals surface area contributed by atoms with E-state index in [0.717, 1.165) is 13.0 Å². The molecule has 0 aromatic heterocycles. The Bertz CT molecular complexity index is 174. The fourth-order valence-electron chi connectivity index (χ4n) is 2.14. The van der Waals surface area contributed by atoms with E-state index in [-0.39, 0.29) is 6.17 Å². The summed E-state index contributed by atoms with van der Waals surface area (Å²) >= 11 is 0. The predicted molar refractivity (Wildman–Crippen MR) is 79.7 cm³/mol. The average Bonchev–Trinajstić information content (AvgIpc) is 2.40. The van der Waals surface area contributed by atoms with Gasteiger partial charge in [0, 0.05) is 0 Å². The van der Waals surface area contributed by atoms with Crippen LogP contribution in [0.15, 0.2) is 5.18 Å². The second-order valence-corrected chi connectivity index (χ2v) is 5.17. The molecule has 3 heteroatoms. The summed E-state index contributed by atoms with van der Waals surface area (Å²) in [4.78, 5) is 10.3. The lowest BCUT2D eigenvalue weighted by molar-refractivity contribution is 0.486. The Hall–Kier alpha value is -0.440. The zero-order chi connectivity index (χ0) is 13.5. The van der Waals surface area contributed by atoms with Gasteiger partial charge < -0.3 is 0 Å². The maximum atomic E-state index is 10.3. The first-order valence-corrected chi connectivity index (χ1v) is 7.91. The average molecular weight is 256 g/mol. The van der Waals surface area contributed by atoms with Gasteiger partial charge in [-0.2, -0.15) is 0 Å². The summed E-state index contributed by atoms with van der Waals surface area (Å²) in [5.41, 5.74) is 0. The van der Waals surface area contributed by atoms with E-state index >= 15 is 0 Å². The molecule has 0 spiro atoms. The van der Waals surface area contributed by atoms with Crippen molar-refractivity contribution in [2.24, 2.45) is 5.18 Å². The van der Waals surface area contributed by atoms with Gasteiger partial charge in [0.1, 0.15) is 6.17 Å². The molecule has 1 atom stereocenters. The van der Waals surface area contributed by atoms with Gasteiger partial charge in [0.25, 0.3) is 0 Å². The molecule has 0 saturated heterocycles. The maximum Gasteiger partial charge on any atom is 0.142 e. The van der Waals surface area contributed by atoms with Crippen molar-refractivity contribution in [3.8, 4) is 0 Å². The molecule has 3 nitrogen and oxygen atoms in total. The molecule has 0 aromatic rings. The van der Waals surface area contributed by atoms with Crippen molar-refractivity contribution in [2.75, 3.05) is 6.54 Å². The smallest absolute Gasteiger partial charge is 0.142 e. The Morgan fingerprint density at radius 2 is 1.33 bits per heavy atom. The maximum absolute atomic E-state index is 10.3. The molecule has 0 bridgehead atoms. The van der Waals surface area contributed by atoms with E-state index in [4.69, 9.17) is 0 Å². The van der Waals surface area contributed by atoms with Gasteiger partial charge >= 0.3 is 0 Å². The van der Waals surface area contributed by atoms with Crippen LogP contribution >= 0.6 is 0 Å². The normalized spacial score (nSPS) is 12.6. The number of unbranched alkanes of at least 4 members (excludes halogenated alkanes) is 9. The second-order valence-electron chi connectivity index (χ2n) is 5.17. The molecule has 0 aliphatic carbocycles. The Morgan fingerprint density at radius 1 is 0.833 bits per heavy atom. The third kappa shape index (κ3) is 12.0. The van der Waals surface area contributed by atoms with Crippen LogP contribution < -0.4 is 5.32 Å². The van der Waals surface area contributed by atoms with Gasteiger partial charge in [-0.1, -0.05) is 76.8 Å². The second kappa shape index (κ2) is 14.6. The lowest BCUT2D eigenvalue weighted by Gasteiger charge is -2.08. The number of nitrogens with one attached hydrogen (secondary N) is 1. The van der Waals surface area contributed by atoms with Crippen LogP contribution in [-0.4, -0.2) is 12.7 Å². The highest BCUT2D eigenvalue weighted by molar-refractivity contribution is 4.60. The van der Waals surface area contributed by atoms with Crippen LogP contribution in [0, 0.1) is 4.91 Å². The predicted octanol–water partition coefficient (Wildman–Crippen LogP) is 5.00. The van der Waals surface area contributed by atoms with Crippen LogP contribution in [0.25, 0.3) is 0 Å². The van der Waals surface area contributed by atoms with E-state index in [2.05, 4.69) is 17.4 Å². The van der Waals surface area contributed by atoms with E-state index in [1.807, 2.05) is 6.92 Å². The quantitative estimate of drug-likeness (QED) is 0.351. The van der Waals surface area contributed by atoms with Gasteiger partial charge in [0.15, 0.2) is 0 Å². The number of nitroso groups, excluding NO2 is 1. The number of nitrogens with zero attached hydrogens (tertiary/aromatic N) is 1. The molecule has 0 saturated carbocycles. The van der Waals surface area contributed by atoms with E-state index in [1.54, 1.807) is 0 Å². The van der Waals surface area contributed by atoms with Crippen LogP contribution in [0.3, 0.4) is 0 Å². The monoisotopic (exact) mass is 256 g/mol. The summed E-state index contributed by atoms with van der Waals surface area (Å²) in [5, 5.41) is 6.19. The molecular weight excluding hydrogens is 224 g/mol. The molecule has 0 aliphatic rings. The minimum Gasteiger partial charge on any atom is -0.293 e. The van der Waals surface area contributed by atoms with Crippen molar-refractivity contribution in [1.82, 2.24) is 5.32 Å². The van der Waals surface area contributed by atoms with Gasteiger partial charge in [-0.3, -0.25) is 5.32 Å². The minimum absolute atomic E-state index is 0.177. The van der Waals surface area contributed by atoms with Gasteiger partial charge in [-0.15, -0.1) is 4.91 Å². The van der Waals surface area contributed by atoms with Crippen molar-refractivity contribution < 1.29 is 0 Å². The minimum atomic E-state index is -0.177. The molecule has 0 radical (unpaired) electrons. The van der Waals surface area contributed by atoms with Gasteiger partial charge in [0.2, 0.25) is 0 Å². The molecule has 0 aliphatic heterocycles. The molecule has 0 fully saturated rings. The lowest BCUT2D eigenvalue weighted by atomic mass is 10.1. The molecule has 0 amide bonds. The number of rotatable bonds is 14. The summed E-state index contributed by atoms with van der Waals surface area (Å²) in [6.07, 6.45) is 14.1. The Labute approximate surface area is 113 Å². The van der Waals surface area contributed by atoms with E-state index in [9.17, 15) is 4.91 Å². The molecule has 108 valence electrons. The largest absolute Gasteiger partial charge is 0.293 e. The van der Waals surface area contributed by atoms with Crippen LogP contribution in [0.4, 0.5) is 0 Å². The summed E-state index contributed by atoms with van der Waals surface area (Å²) < 4.78 is 0. The summed E-state index contributed by atoms with van der Waals surface area (Å²) in [7, 11) is 0. The third-order valence-electron chi connectivity index (χ3n) is 3.42. The highest BCUT2D eigenvalue weighted by Gasteiger charge is 2.02. The third-order valence-corrected chi connectivity index (χ3v) is 3.42. The molecule has 0 rings (SSSR count). The first-order valence-electron chi connectivity index (χ1n) is 7.91. The van der Waals surface area contributed by atoms with Crippen molar-refractivity contribution >= 4 is 0 Å². The van der Waals surface area contributed by atoms with Crippen molar-refractivity contribution in [3.63, 3.8) is 0 Å². The van der Waals surface area contributed by atoms with Crippen molar-refractivity contribution in [1.29, 1.82) is 0 Å². The first-order chi connectivity index (χ1) is 8.85. The van der Waals surface area contributed by atoms with E-state index in [1.165, 1.54) is 64.2 Å². The van der Waals surface area contributed by atoms with Crippen LogP contribution in [0.5, 0.6) is 0 Å². The Balaban J connectivity index is 3.05. The Kier molecular flexibility index (Phi) is 14.3. The zero-order valence-electron chi connectivity index (χ0n) is 12.4. The van der Waals surface area contributed by atoms with Gasteiger partial charge in [-0.25, -0.2) is 0 Å². The molecule has 1 unspecified atom stereocenters. The van der Waals surface area contributed by atoms with Gasteiger partial charge in [0.05, 0.1) is 0 Å². The van der Waals surface area contributed by atoms with E-state index in [0.29, 0.717) is 0 Å².